The summed E-state index contributed by atoms with van der Waals surface area (Å²) in [5, 5.41) is 0. The van der Waals surface area contributed by atoms with Gasteiger partial charge in [0.2, 0.25) is 0 Å². The Morgan fingerprint density at radius 1 is 0.933 bits per heavy atom. The van der Waals surface area contributed by atoms with Crippen LogP contribution in [0.3, 0.4) is 0 Å². The topological polar surface area (TPSA) is 0 Å². The van der Waals surface area contributed by atoms with Gasteiger partial charge in [-0.2, -0.15) is 0 Å². The average molecular weight is 312 g/mol. The van der Waals surface area contributed by atoms with Gasteiger partial charge in [0.05, 0.1) is 0 Å². The number of rotatable bonds is 2. The summed E-state index contributed by atoms with van der Waals surface area (Å²) < 4.78 is 0. The van der Waals surface area contributed by atoms with Gasteiger partial charge in [-0.05, 0) is 6.07 Å². The molecule has 7 radical (unpaired) electrons. The van der Waals surface area contributed by atoms with E-state index in [0.29, 0.717) is 0 Å². The molecular formula is C14H25Sn. The molecule has 0 spiro atoms. The molecule has 1 rings (SSSR count). The first kappa shape index (κ1) is 20.4. The van der Waals surface area contributed by atoms with Crippen LogP contribution in [-0.2, 0) is 0 Å². The predicted octanol–water partition coefficient (Wildman–Crippen LogP) is 4.59. The third kappa shape index (κ3) is 31.5. The largest absolute Gasteiger partial charge is 0.0654 e. The zero-order valence-corrected chi connectivity index (χ0v) is 13.0. The van der Waals surface area contributed by atoms with Crippen LogP contribution >= 0.6 is 0 Å². The fraction of sp³-hybridized carbons (Fsp3) is 0.429. The first-order chi connectivity index (χ1) is 6.83. The summed E-state index contributed by atoms with van der Waals surface area (Å²) in [7, 11) is 0. The van der Waals surface area contributed by atoms with Gasteiger partial charge in [-0.15, -0.1) is 0 Å². The van der Waals surface area contributed by atoms with Crippen molar-refractivity contribution in [1.29, 1.82) is 0 Å². The number of benzene rings is 1. The first-order valence-corrected chi connectivity index (χ1v) is 5.32. The normalized spacial score (nSPS) is 7.20. The van der Waals surface area contributed by atoms with Crippen LogP contribution < -0.4 is 0 Å². The van der Waals surface area contributed by atoms with Gasteiger partial charge in [-0.3, -0.25) is 0 Å². The summed E-state index contributed by atoms with van der Waals surface area (Å²) in [6.45, 7) is 11.4. The van der Waals surface area contributed by atoms with E-state index in [1.807, 2.05) is 30.3 Å². The van der Waals surface area contributed by atoms with Crippen LogP contribution in [0, 0.1) is 19.9 Å². The Kier molecular flexibility index (Phi) is 32.2. The maximum absolute atomic E-state index is 3.60. The molecule has 0 nitrogen and oxygen atoms in total. The second-order valence-corrected chi connectivity index (χ2v) is 2.78. The van der Waals surface area contributed by atoms with E-state index in [2.05, 4.69) is 33.8 Å². The fourth-order valence-corrected chi connectivity index (χ4v) is 0.342. The zero-order valence-electron chi connectivity index (χ0n) is 10.1. The van der Waals surface area contributed by atoms with E-state index in [1.165, 1.54) is 12.8 Å². The molecule has 1 heteroatoms. The van der Waals surface area contributed by atoms with E-state index in [1.54, 1.807) is 0 Å². The molecule has 0 heterocycles. The molecule has 0 saturated heterocycles. The van der Waals surface area contributed by atoms with Crippen molar-refractivity contribution in [3.8, 4) is 0 Å². The van der Waals surface area contributed by atoms with Crippen LogP contribution in [0.1, 0.15) is 41.0 Å². The summed E-state index contributed by atoms with van der Waals surface area (Å²) >= 11 is 0. The number of hydrogen-bond acceptors (Lipinski definition) is 0. The molecule has 1 aromatic carbocycles. The van der Waals surface area contributed by atoms with E-state index in [9.17, 15) is 0 Å². The van der Waals surface area contributed by atoms with Gasteiger partial charge in [0.25, 0.3) is 0 Å². The van der Waals surface area contributed by atoms with Crippen molar-refractivity contribution in [2.75, 3.05) is 0 Å². The zero-order chi connectivity index (χ0) is 11.1. The van der Waals surface area contributed by atoms with E-state index >= 15 is 0 Å². The van der Waals surface area contributed by atoms with Crippen LogP contribution in [0.5, 0.6) is 0 Å². The van der Waals surface area contributed by atoms with Gasteiger partial charge < -0.3 is 0 Å². The van der Waals surface area contributed by atoms with Crippen molar-refractivity contribution in [3.63, 3.8) is 0 Å². The summed E-state index contributed by atoms with van der Waals surface area (Å²) in [5.41, 5.74) is 0. The molecule has 0 aliphatic heterocycles. The molecule has 0 amide bonds. The third-order valence-corrected chi connectivity index (χ3v) is 1.31. The second-order valence-electron chi connectivity index (χ2n) is 2.78. The number of unbranched alkanes of at least 4 members (excludes halogenated alkanes) is 2. The SMILES string of the molecule is [CH2]CCC.[CH2]CCC.[HH].[Sn].[c]1ccccc1. The quantitative estimate of drug-likeness (QED) is 0.701. The molecule has 15 heavy (non-hydrogen) atoms. The molecule has 85 valence electrons. The average Bonchev–Trinajstić information content (AvgIpc) is 2.32. The molecule has 0 unspecified atom stereocenters. The predicted molar refractivity (Wildman–Crippen MR) is 73.7 cm³/mol. The molecular weight excluding hydrogens is 287 g/mol. The van der Waals surface area contributed by atoms with Gasteiger partial charge in [0, 0.05) is 25.3 Å². The maximum Gasteiger partial charge on any atom is 0 e. The minimum atomic E-state index is 0. The monoisotopic (exact) mass is 313 g/mol. The molecule has 0 aliphatic carbocycles. The van der Waals surface area contributed by atoms with Crippen molar-refractivity contribution in [2.45, 2.75) is 39.5 Å². The summed E-state index contributed by atoms with van der Waals surface area (Å²) in [6, 6.07) is 12.5. The van der Waals surface area contributed by atoms with Crippen molar-refractivity contribution in [1.82, 2.24) is 0 Å². The van der Waals surface area contributed by atoms with Crippen molar-refractivity contribution in [2.24, 2.45) is 0 Å². The van der Waals surface area contributed by atoms with E-state index < -0.39 is 0 Å². The van der Waals surface area contributed by atoms with Gasteiger partial charge in [0.15, 0.2) is 0 Å². The van der Waals surface area contributed by atoms with Crippen LogP contribution in [0.15, 0.2) is 30.3 Å². The minimum Gasteiger partial charge on any atom is -0.0654 e. The van der Waals surface area contributed by atoms with Gasteiger partial charge >= 0.3 is 0 Å². The van der Waals surface area contributed by atoms with Crippen molar-refractivity contribution < 1.29 is 1.43 Å². The summed E-state index contributed by atoms with van der Waals surface area (Å²) in [4.78, 5) is 0. The van der Waals surface area contributed by atoms with Crippen LogP contribution in [0.4, 0.5) is 0 Å². The van der Waals surface area contributed by atoms with Crippen LogP contribution in [0.2, 0.25) is 0 Å². The maximum atomic E-state index is 3.60. The molecule has 0 aliphatic rings. The Morgan fingerprint density at radius 3 is 1.33 bits per heavy atom. The standard InChI is InChI=1S/C6H5.2C4H9.Sn.H2/c1-2-4-6-5-3-1;2*1-3-4-2;;/h1-5H;2*1,3-4H2,2H3;;1H. The minimum absolute atomic E-state index is 0. The Hall–Kier alpha value is 0.0187. The molecule has 0 bridgehead atoms. The molecule has 0 fully saturated rings. The third-order valence-electron chi connectivity index (χ3n) is 1.31. The van der Waals surface area contributed by atoms with E-state index in [4.69, 9.17) is 0 Å². The Bertz CT molecular complexity index is 119. The second kappa shape index (κ2) is 23.7. The summed E-state index contributed by atoms with van der Waals surface area (Å²) in [6.07, 6.45) is 4.56. The van der Waals surface area contributed by atoms with E-state index in [-0.39, 0.29) is 25.3 Å². The Balaban J connectivity index is -0.0000000660. The smallest absolute Gasteiger partial charge is 0 e. The Morgan fingerprint density at radius 2 is 1.27 bits per heavy atom. The first-order valence-electron chi connectivity index (χ1n) is 5.32. The molecule has 0 saturated carbocycles. The van der Waals surface area contributed by atoms with Crippen LogP contribution in [0.25, 0.3) is 0 Å². The van der Waals surface area contributed by atoms with Gasteiger partial charge in [-0.25, -0.2) is 0 Å². The fourth-order valence-electron chi connectivity index (χ4n) is 0.342. The number of hydrogen-bond donors (Lipinski definition) is 0. The molecule has 0 aromatic heterocycles. The molecule has 0 atom stereocenters. The molecule has 1 aromatic rings. The van der Waals surface area contributed by atoms with Gasteiger partial charge in [-0.1, -0.05) is 83.7 Å². The summed E-state index contributed by atoms with van der Waals surface area (Å²) in [5.74, 6) is 0. The van der Waals surface area contributed by atoms with Crippen molar-refractivity contribution in [3.05, 3.63) is 50.2 Å². The Labute approximate surface area is 115 Å². The van der Waals surface area contributed by atoms with Crippen LogP contribution in [-0.4, -0.2) is 23.9 Å². The van der Waals surface area contributed by atoms with Crippen molar-refractivity contribution >= 4 is 23.9 Å². The molecule has 0 N–H and O–H groups in total. The van der Waals surface area contributed by atoms with Gasteiger partial charge in [0.1, 0.15) is 0 Å². The van der Waals surface area contributed by atoms with E-state index in [0.717, 1.165) is 12.8 Å².